The second-order valence-corrected chi connectivity index (χ2v) is 8.34. The Balaban J connectivity index is 1.65. The van der Waals surface area contributed by atoms with Crippen LogP contribution in [0.3, 0.4) is 0 Å². The van der Waals surface area contributed by atoms with Crippen LogP contribution in [0.15, 0.2) is 41.1 Å². The van der Waals surface area contributed by atoms with Crippen molar-refractivity contribution in [2.75, 3.05) is 0 Å². The number of thiazole rings is 1. The minimum absolute atomic E-state index is 0.460. The van der Waals surface area contributed by atoms with Gasteiger partial charge in [-0.3, -0.25) is 4.68 Å². The standard InChI is InChI=1S/C20H15ClN4S2/c1-12-19(14-5-6-15(9-22)17(21)8-14)13(2)25(24-12)10-16-11-27-20(23-16)18-4-3-7-26-18/h3-8,11H,10H2,1-2H3. The van der Waals surface area contributed by atoms with Crippen LogP contribution >= 0.6 is 34.3 Å². The van der Waals surface area contributed by atoms with Gasteiger partial charge in [-0.2, -0.15) is 10.4 Å². The molecule has 0 aliphatic heterocycles. The summed E-state index contributed by atoms with van der Waals surface area (Å²) in [5, 5.41) is 19.4. The summed E-state index contributed by atoms with van der Waals surface area (Å²) in [5.41, 5.74) is 5.49. The summed E-state index contributed by atoms with van der Waals surface area (Å²) in [4.78, 5) is 5.94. The first-order chi connectivity index (χ1) is 13.1. The summed E-state index contributed by atoms with van der Waals surface area (Å²) in [6.45, 7) is 4.66. The number of nitriles is 1. The lowest BCUT2D eigenvalue weighted by Gasteiger charge is -2.05. The maximum Gasteiger partial charge on any atom is 0.133 e. The van der Waals surface area contributed by atoms with Crippen LogP contribution in [-0.2, 0) is 6.54 Å². The molecule has 0 unspecified atom stereocenters. The highest BCUT2D eigenvalue weighted by molar-refractivity contribution is 7.20. The summed E-state index contributed by atoms with van der Waals surface area (Å²) in [5.74, 6) is 0. The van der Waals surface area contributed by atoms with Gasteiger partial charge >= 0.3 is 0 Å². The number of halogens is 1. The van der Waals surface area contributed by atoms with Gasteiger partial charge in [-0.15, -0.1) is 22.7 Å². The van der Waals surface area contributed by atoms with Crippen molar-refractivity contribution < 1.29 is 0 Å². The highest BCUT2D eigenvalue weighted by Crippen LogP contribution is 2.32. The molecular formula is C20H15ClN4S2. The molecule has 4 aromatic rings. The Labute approximate surface area is 170 Å². The lowest BCUT2D eigenvalue weighted by molar-refractivity contribution is 0.650. The smallest absolute Gasteiger partial charge is 0.133 e. The number of thiophene rings is 1. The molecule has 3 heterocycles. The molecular weight excluding hydrogens is 396 g/mol. The topological polar surface area (TPSA) is 54.5 Å². The molecule has 0 fully saturated rings. The van der Waals surface area contributed by atoms with Gasteiger partial charge in [0.15, 0.2) is 0 Å². The number of nitrogens with zero attached hydrogens (tertiary/aromatic N) is 4. The third-order valence-electron chi connectivity index (χ3n) is 4.36. The molecule has 0 aliphatic carbocycles. The van der Waals surface area contributed by atoms with E-state index in [4.69, 9.17) is 26.9 Å². The van der Waals surface area contributed by atoms with E-state index in [9.17, 15) is 0 Å². The average Bonchev–Trinajstić information content (AvgIpc) is 3.37. The van der Waals surface area contributed by atoms with Crippen LogP contribution in [-0.4, -0.2) is 14.8 Å². The van der Waals surface area contributed by atoms with Crippen LogP contribution < -0.4 is 0 Å². The van der Waals surface area contributed by atoms with Crippen LogP contribution in [0.4, 0.5) is 0 Å². The molecule has 7 heteroatoms. The van der Waals surface area contributed by atoms with Gasteiger partial charge in [0, 0.05) is 16.6 Å². The quantitative estimate of drug-likeness (QED) is 0.419. The molecule has 27 heavy (non-hydrogen) atoms. The predicted octanol–water partition coefficient (Wildman–Crippen LogP) is 5.93. The molecule has 0 amide bonds. The summed E-state index contributed by atoms with van der Waals surface area (Å²) < 4.78 is 1.98. The van der Waals surface area contributed by atoms with E-state index in [0.717, 1.165) is 33.2 Å². The van der Waals surface area contributed by atoms with Gasteiger partial charge in [0.25, 0.3) is 0 Å². The van der Waals surface area contributed by atoms with Crippen molar-refractivity contribution in [1.29, 1.82) is 5.26 Å². The Morgan fingerprint density at radius 2 is 2.07 bits per heavy atom. The van der Waals surface area contributed by atoms with Crippen molar-refractivity contribution in [3.8, 4) is 27.1 Å². The van der Waals surface area contributed by atoms with Crippen molar-refractivity contribution >= 4 is 34.3 Å². The van der Waals surface area contributed by atoms with Crippen LogP contribution in [0.2, 0.25) is 5.02 Å². The molecule has 4 nitrogen and oxygen atoms in total. The molecule has 0 radical (unpaired) electrons. The summed E-state index contributed by atoms with van der Waals surface area (Å²) in [7, 11) is 0. The number of aromatic nitrogens is 3. The zero-order valence-corrected chi connectivity index (χ0v) is 17.1. The van der Waals surface area contributed by atoms with Crippen molar-refractivity contribution in [3.63, 3.8) is 0 Å². The fourth-order valence-corrected chi connectivity index (χ4v) is 4.92. The first-order valence-electron chi connectivity index (χ1n) is 8.29. The molecule has 3 aromatic heterocycles. The number of hydrogen-bond donors (Lipinski definition) is 0. The van der Waals surface area contributed by atoms with Gasteiger partial charge in [0.1, 0.15) is 11.1 Å². The van der Waals surface area contributed by atoms with Crippen molar-refractivity contribution in [2.45, 2.75) is 20.4 Å². The second-order valence-electron chi connectivity index (χ2n) is 6.13. The zero-order chi connectivity index (χ0) is 19.0. The van der Waals surface area contributed by atoms with Crippen LogP contribution in [0.1, 0.15) is 22.6 Å². The summed E-state index contributed by atoms with van der Waals surface area (Å²) >= 11 is 9.57. The molecule has 0 N–H and O–H groups in total. The third kappa shape index (κ3) is 3.42. The SMILES string of the molecule is Cc1nn(Cc2csc(-c3cccs3)n2)c(C)c1-c1ccc(C#N)c(Cl)c1. The molecule has 0 atom stereocenters. The van der Waals surface area contributed by atoms with Crippen molar-refractivity contribution in [1.82, 2.24) is 14.8 Å². The van der Waals surface area contributed by atoms with E-state index in [0.29, 0.717) is 17.1 Å². The highest BCUT2D eigenvalue weighted by atomic mass is 35.5. The largest absolute Gasteiger partial charge is 0.263 e. The normalized spacial score (nSPS) is 10.9. The maximum atomic E-state index is 9.07. The maximum absolute atomic E-state index is 9.07. The Bertz CT molecular complexity index is 1150. The van der Waals surface area contributed by atoms with Gasteiger partial charge in [-0.1, -0.05) is 23.7 Å². The molecule has 4 rings (SSSR count). The molecule has 0 aliphatic rings. The Morgan fingerprint density at radius 1 is 1.22 bits per heavy atom. The van der Waals surface area contributed by atoms with E-state index in [1.807, 2.05) is 36.7 Å². The molecule has 0 spiro atoms. The van der Waals surface area contributed by atoms with Crippen LogP contribution in [0, 0.1) is 25.2 Å². The highest BCUT2D eigenvalue weighted by Gasteiger charge is 2.16. The Morgan fingerprint density at radius 3 is 2.78 bits per heavy atom. The van der Waals surface area contributed by atoms with E-state index >= 15 is 0 Å². The monoisotopic (exact) mass is 410 g/mol. The van der Waals surface area contributed by atoms with Crippen molar-refractivity contribution in [3.05, 3.63) is 68.8 Å². The van der Waals surface area contributed by atoms with Gasteiger partial charge in [0.2, 0.25) is 0 Å². The fourth-order valence-electron chi connectivity index (χ4n) is 3.08. The second kappa shape index (κ2) is 7.28. The lowest BCUT2D eigenvalue weighted by atomic mass is 10.0. The van der Waals surface area contributed by atoms with E-state index < -0.39 is 0 Å². The molecule has 0 bridgehead atoms. The predicted molar refractivity (Wildman–Crippen MR) is 111 cm³/mol. The van der Waals surface area contributed by atoms with Gasteiger partial charge in [-0.05, 0) is 43.0 Å². The van der Waals surface area contributed by atoms with E-state index in [2.05, 4.69) is 22.9 Å². The van der Waals surface area contributed by atoms with Crippen LogP contribution in [0.5, 0.6) is 0 Å². The Kier molecular flexibility index (Phi) is 4.83. The molecule has 134 valence electrons. The number of rotatable bonds is 4. The number of hydrogen-bond acceptors (Lipinski definition) is 5. The van der Waals surface area contributed by atoms with Gasteiger partial charge in [-0.25, -0.2) is 4.98 Å². The van der Waals surface area contributed by atoms with Crippen LogP contribution in [0.25, 0.3) is 21.0 Å². The lowest BCUT2D eigenvalue weighted by Crippen LogP contribution is -2.04. The minimum atomic E-state index is 0.460. The molecule has 0 saturated heterocycles. The van der Waals surface area contributed by atoms with Gasteiger partial charge in [0.05, 0.1) is 33.4 Å². The third-order valence-corrected chi connectivity index (χ3v) is 6.60. The van der Waals surface area contributed by atoms with E-state index in [1.54, 1.807) is 28.7 Å². The first-order valence-corrected chi connectivity index (χ1v) is 10.4. The fraction of sp³-hybridized carbons (Fsp3) is 0.150. The van der Waals surface area contributed by atoms with E-state index in [1.165, 1.54) is 4.88 Å². The minimum Gasteiger partial charge on any atom is -0.263 e. The number of aryl methyl sites for hydroxylation is 1. The van der Waals surface area contributed by atoms with E-state index in [-0.39, 0.29) is 0 Å². The average molecular weight is 411 g/mol. The van der Waals surface area contributed by atoms with Gasteiger partial charge < -0.3 is 0 Å². The summed E-state index contributed by atoms with van der Waals surface area (Å²) in [6, 6.07) is 11.7. The summed E-state index contributed by atoms with van der Waals surface area (Å²) in [6.07, 6.45) is 0. The molecule has 0 saturated carbocycles. The van der Waals surface area contributed by atoms with Crippen molar-refractivity contribution in [2.24, 2.45) is 0 Å². The number of benzene rings is 1. The first kappa shape index (κ1) is 17.9. The molecule has 1 aromatic carbocycles. The zero-order valence-electron chi connectivity index (χ0n) is 14.7. The Hall–Kier alpha value is -2.46.